The number of ether oxygens (including phenoxy) is 1. The van der Waals surface area contributed by atoms with E-state index in [9.17, 15) is 0 Å². The molecule has 28 heavy (non-hydrogen) atoms. The van der Waals surface area contributed by atoms with Crippen molar-refractivity contribution in [1.82, 2.24) is 20.4 Å². The summed E-state index contributed by atoms with van der Waals surface area (Å²) in [5, 5.41) is 11.9. The van der Waals surface area contributed by atoms with Gasteiger partial charge in [0.25, 0.3) is 0 Å². The maximum atomic E-state index is 5.86. The number of rotatable bonds is 7. The van der Waals surface area contributed by atoms with Gasteiger partial charge in [-0.05, 0) is 30.2 Å². The Morgan fingerprint density at radius 1 is 0.964 bits per heavy atom. The second-order valence-electron chi connectivity index (χ2n) is 7.07. The molecule has 1 aromatic heterocycles. The Bertz CT molecular complexity index is 875. The normalized spacial score (nSPS) is 16.2. The summed E-state index contributed by atoms with van der Waals surface area (Å²) in [5.74, 6) is 1.15. The van der Waals surface area contributed by atoms with Gasteiger partial charge in [-0.1, -0.05) is 42.5 Å². The van der Waals surface area contributed by atoms with Gasteiger partial charge in [0.05, 0.1) is 19.3 Å². The predicted molar refractivity (Wildman–Crippen MR) is 108 cm³/mol. The Hall–Kier alpha value is -2.54. The number of hydrogen-bond acceptors (Lipinski definition) is 6. The first-order chi connectivity index (χ1) is 13.8. The smallest absolute Gasteiger partial charge is 0.247 e. The molecule has 1 N–H and O–H groups in total. The Labute approximate surface area is 165 Å². The molecule has 1 atom stereocenters. The fourth-order valence-electron chi connectivity index (χ4n) is 3.34. The van der Waals surface area contributed by atoms with Crippen molar-refractivity contribution in [2.24, 2.45) is 0 Å². The van der Waals surface area contributed by atoms with E-state index in [1.54, 1.807) is 0 Å². The molecule has 6 nitrogen and oxygen atoms in total. The van der Waals surface area contributed by atoms with Gasteiger partial charge in [0.2, 0.25) is 11.8 Å². The van der Waals surface area contributed by atoms with E-state index >= 15 is 0 Å². The standard InChI is InChI=1S/C22H26N4O2/c1-17(21-24-25-22(28-21)18-7-3-2-4-8-18)23-15-19-9-5-6-10-20(19)16-26-11-13-27-14-12-26/h2-10,17,23H,11-16H2,1H3/t17-/m0/s1. The van der Waals surface area contributed by atoms with Gasteiger partial charge in [0.1, 0.15) is 0 Å². The van der Waals surface area contributed by atoms with E-state index in [0.717, 1.165) is 45.0 Å². The summed E-state index contributed by atoms with van der Waals surface area (Å²) in [5.41, 5.74) is 3.58. The van der Waals surface area contributed by atoms with E-state index in [-0.39, 0.29) is 6.04 Å². The van der Waals surface area contributed by atoms with Crippen LogP contribution in [-0.2, 0) is 17.8 Å². The topological polar surface area (TPSA) is 63.4 Å². The first kappa shape index (κ1) is 18.8. The van der Waals surface area contributed by atoms with Gasteiger partial charge in [-0.15, -0.1) is 10.2 Å². The van der Waals surface area contributed by atoms with Crippen LogP contribution < -0.4 is 5.32 Å². The molecule has 2 heterocycles. The highest BCUT2D eigenvalue weighted by atomic mass is 16.5. The fourth-order valence-corrected chi connectivity index (χ4v) is 3.34. The molecule has 0 bridgehead atoms. The molecule has 1 aliphatic heterocycles. The largest absolute Gasteiger partial charge is 0.419 e. The van der Waals surface area contributed by atoms with Gasteiger partial charge in [-0.25, -0.2) is 0 Å². The van der Waals surface area contributed by atoms with Gasteiger partial charge in [-0.2, -0.15) is 0 Å². The number of morpholine rings is 1. The number of benzene rings is 2. The molecule has 1 aliphatic rings. The number of nitrogens with one attached hydrogen (secondary N) is 1. The van der Waals surface area contributed by atoms with Crippen molar-refractivity contribution >= 4 is 0 Å². The van der Waals surface area contributed by atoms with E-state index in [4.69, 9.17) is 9.15 Å². The third-order valence-corrected chi connectivity index (χ3v) is 5.05. The van der Waals surface area contributed by atoms with Crippen LogP contribution in [0.25, 0.3) is 11.5 Å². The Morgan fingerprint density at radius 3 is 2.46 bits per heavy atom. The molecular formula is C22H26N4O2. The average molecular weight is 378 g/mol. The molecule has 2 aromatic carbocycles. The van der Waals surface area contributed by atoms with Crippen LogP contribution in [0, 0.1) is 0 Å². The Kier molecular flexibility index (Phi) is 6.11. The zero-order valence-electron chi connectivity index (χ0n) is 16.2. The lowest BCUT2D eigenvalue weighted by atomic mass is 10.1. The first-order valence-electron chi connectivity index (χ1n) is 9.78. The minimum Gasteiger partial charge on any atom is -0.419 e. The summed E-state index contributed by atoms with van der Waals surface area (Å²) in [6.07, 6.45) is 0. The van der Waals surface area contributed by atoms with Crippen LogP contribution in [-0.4, -0.2) is 41.4 Å². The third kappa shape index (κ3) is 4.65. The maximum Gasteiger partial charge on any atom is 0.247 e. The molecule has 0 unspecified atom stereocenters. The van der Waals surface area contributed by atoms with E-state index < -0.39 is 0 Å². The predicted octanol–water partition coefficient (Wildman–Crippen LogP) is 3.42. The SMILES string of the molecule is C[C@H](NCc1ccccc1CN1CCOCC1)c1nnc(-c2ccccc2)o1. The quantitative estimate of drug-likeness (QED) is 0.680. The molecule has 0 saturated carbocycles. The molecule has 1 fully saturated rings. The summed E-state index contributed by atoms with van der Waals surface area (Å²) in [6.45, 7) is 7.37. The summed E-state index contributed by atoms with van der Waals surface area (Å²) in [6, 6.07) is 18.4. The highest BCUT2D eigenvalue weighted by Crippen LogP contribution is 2.21. The van der Waals surface area contributed by atoms with Crippen molar-refractivity contribution in [3.8, 4) is 11.5 Å². The van der Waals surface area contributed by atoms with Gasteiger partial charge in [0.15, 0.2) is 0 Å². The van der Waals surface area contributed by atoms with Crippen LogP contribution in [0.15, 0.2) is 59.0 Å². The number of aromatic nitrogens is 2. The minimum atomic E-state index is -0.0265. The zero-order chi connectivity index (χ0) is 19.2. The summed E-state index contributed by atoms with van der Waals surface area (Å²) in [7, 11) is 0. The molecule has 3 aromatic rings. The fraction of sp³-hybridized carbons (Fsp3) is 0.364. The molecular weight excluding hydrogens is 352 g/mol. The monoisotopic (exact) mass is 378 g/mol. The molecule has 1 saturated heterocycles. The zero-order valence-corrected chi connectivity index (χ0v) is 16.2. The maximum absolute atomic E-state index is 5.86. The van der Waals surface area contributed by atoms with Crippen LogP contribution in [0.1, 0.15) is 30.0 Å². The lowest BCUT2D eigenvalue weighted by Gasteiger charge is -2.27. The molecule has 0 spiro atoms. The van der Waals surface area contributed by atoms with Crippen LogP contribution in [0.4, 0.5) is 0 Å². The summed E-state index contributed by atoms with van der Waals surface area (Å²) >= 11 is 0. The van der Waals surface area contributed by atoms with Crippen molar-refractivity contribution in [2.75, 3.05) is 26.3 Å². The molecule has 6 heteroatoms. The van der Waals surface area contributed by atoms with Crippen molar-refractivity contribution in [1.29, 1.82) is 0 Å². The second kappa shape index (κ2) is 9.10. The molecule has 146 valence electrons. The minimum absolute atomic E-state index is 0.0265. The number of hydrogen-bond donors (Lipinski definition) is 1. The Morgan fingerprint density at radius 2 is 1.68 bits per heavy atom. The van der Waals surface area contributed by atoms with Crippen LogP contribution >= 0.6 is 0 Å². The van der Waals surface area contributed by atoms with E-state index in [0.29, 0.717) is 11.8 Å². The van der Waals surface area contributed by atoms with Crippen LogP contribution in [0.5, 0.6) is 0 Å². The van der Waals surface area contributed by atoms with Crippen molar-refractivity contribution < 1.29 is 9.15 Å². The second-order valence-corrected chi connectivity index (χ2v) is 7.07. The molecule has 4 rings (SSSR count). The van der Waals surface area contributed by atoms with Crippen LogP contribution in [0.2, 0.25) is 0 Å². The highest BCUT2D eigenvalue weighted by molar-refractivity contribution is 5.51. The lowest BCUT2D eigenvalue weighted by Crippen LogP contribution is -2.36. The lowest BCUT2D eigenvalue weighted by molar-refractivity contribution is 0.0340. The third-order valence-electron chi connectivity index (χ3n) is 5.05. The van der Waals surface area contributed by atoms with Crippen molar-refractivity contribution in [3.05, 3.63) is 71.6 Å². The van der Waals surface area contributed by atoms with Gasteiger partial charge >= 0.3 is 0 Å². The van der Waals surface area contributed by atoms with E-state index in [1.807, 2.05) is 37.3 Å². The molecule has 0 aliphatic carbocycles. The van der Waals surface area contributed by atoms with Crippen molar-refractivity contribution in [2.45, 2.75) is 26.1 Å². The van der Waals surface area contributed by atoms with Gasteiger partial charge in [0, 0.05) is 31.7 Å². The van der Waals surface area contributed by atoms with Gasteiger partial charge < -0.3 is 14.5 Å². The average Bonchev–Trinajstić information content (AvgIpc) is 3.25. The first-order valence-corrected chi connectivity index (χ1v) is 9.78. The van der Waals surface area contributed by atoms with Crippen molar-refractivity contribution in [3.63, 3.8) is 0 Å². The van der Waals surface area contributed by atoms with Gasteiger partial charge in [-0.3, -0.25) is 4.90 Å². The van der Waals surface area contributed by atoms with E-state index in [1.165, 1.54) is 11.1 Å². The molecule has 0 amide bonds. The molecule has 0 radical (unpaired) electrons. The summed E-state index contributed by atoms with van der Waals surface area (Å²) < 4.78 is 11.3. The van der Waals surface area contributed by atoms with E-state index in [2.05, 4.69) is 44.7 Å². The Balaban J connectivity index is 1.38. The van der Waals surface area contributed by atoms with Crippen LogP contribution in [0.3, 0.4) is 0 Å². The summed E-state index contributed by atoms with van der Waals surface area (Å²) in [4.78, 5) is 2.44. The highest BCUT2D eigenvalue weighted by Gasteiger charge is 2.16. The number of nitrogens with zero attached hydrogens (tertiary/aromatic N) is 3.